The van der Waals surface area contributed by atoms with E-state index in [9.17, 15) is 33.7 Å². The average molecular weight is 575 g/mol. The fourth-order valence-corrected chi connectivity index (χ4v) is 6.12. The molecule has 1 aliphatic rings. The Kier molecular flexibility index (Phi) is 8.85. The lowest BCUT2D eigenvalue weighted by molar-refractivity contribution is -0.0503. The molecule has 0 aliphatic carbocycles. The maximum absolute atomic E-state index is 11.9. The van der Waals surface area contributed by atoms with Crippen molar-refractivity contribution >= 4 is 40.4 Å². The molecule has 2 unspecified atom stereocenters. The van der Waals surface area contributed by atoms with Gasteiger partial charge in [0.2, 0.25) is 0 Å². The summed E-state index contributed by atoms with van der Waals surface area (Å²) in [5, 5.41) is 23.9. The van der Waals surface area contributed by atoms with Crippen molar-refractivity contribution in [3.63, 3.8) is 0 Å². The number of phosphoric acid groups is 3. The van der Waals surface area contributed by atoms with Crippen LogP contribution in [0.1, 0.15) is 20.1 Å². The van der Waals surface area contributed by atoms with Crippen LogP contribution in [0.15, 0.2) is 24.3 Å². The van der Waals surface area contributed by atoms with Gasteiger partial charge in [0, 0.05) is 6.54 Å². The van der Waals surface area contributed by atoms with Crippen LogP contribution in [0.25, 0.3) is 11.2 Å². The van der Waals surface area contributed by atoms with Gasteiger partial charge in [0.15, 0.2) is 23.2 Å². The van der Waals surface area contributed by atoms with Crippen molar-refractivity contribution in [2.75, 3.05) is 18.5 Å². The number of hydrogen-bond donors (Lipinski definition) is 7. The maximum Gasteiger partial charge on any atom is 0.490 e. The number of rotatable bonds is 11. The monoisotopic (exact) mass is 575 g/mol. The lowest BCUT2D eigenvalue weighted by atomic mass is 10.1. The molecule has 18 nitrogen and oxygen atoms in total. The van der Waals surface area contributed by atoms with E-state index in [1.54, 1.807) is 0 Å². The second-order valence-corrected chi connectivity index (χ2v) is 12.1. The lowest BCUT2D eigenvalue weighted by Gasteiger charge is -2.19. The molecule has 0 bridgehead atoms. The molecule has 2 aromatic rings. The molecule has 36 heavy (non-hydrogen) atoms. The van der Waals surface area contributed by atoms with Crippen LogP contribution >= 0.6 is 23.5 Å². The van der Waals surface area contributed by atoms with Gasteiger partial charge in [-0.2, -0.15) is 8.62 Å². The number of aliphatic hydroxyl groups excluding tert-OH is 2. The molecule has 0 saturated carbocycles. The molecular weight excluding hydrogens is 551 g/mol. The zero-order chi connectivity index (χ0) is 26.9. The quantitative estimate of drug-likeness (QED) is 0.139. The smallest absolute Gasteiger partial charge is 0.387 e. The van der Waals surface area contributed by atoms with Gasteiger partial charge in [-0.25, -0.2) is 28.6 Å². The molecule has 202 valence electrons. The van der Waals surface area contributed by atoms with Gasteiger partial charge in [0.05, 0.1) is 12.9 Å². The molecule has 0 spiro atoms. The van der Waals surface area contributed by atoms with E-state index in [-0.39, 0.29) is 5.65 Å². The van der Waals surface area contributed by atoms with Crippen LogP contribution in [-0.4, -0.2) is 80.8 Å². The summed E-state index contributed by atoms with van der Waals surface area (Å²) in [6.07, 6.45) is -1.55. The summed E-state index contributed by atoms with van der Waals surface area (Å²) in [7, 11) is -16.7. The molecule has 3 rings (SSSR count). The first-order valence-electron chi connectivity index (χ1n) is 9.93. The minimum Gasteiger partial charge on any atom is -0.387 e. The van der Waals surface area contributed by atoms with Gasteiger partial charge < -0.3 is 39.8 Å². The first-order chi connectivity index (χ1) is 16.6. The number of allylic oxidation sites excluding steroid dienone is 1. The van der Waals surface area contributed by atoms with Gasteiger partial charge in [-0.15, -0.1) is 0 Å². The van der Waals surface area contributed by atoms with Crippen LogP contribution in [-0.2, 0) is 31.6 Å². The Bertz CT molecular complexity index is 1260. The number of fused-ring (bicyclic) bond motifs is 1. The number of aromatic nitrogens is 4. The summed E-state index contributed by atoms with van der Waals surface area (Å²) in [5.74, 6) is 0.397. The van der Waals surface area contributed by atoms with Gasteiger partial charge in [-0.05, 0) is 13.8 Å². The Labute approximate surface area is 203 Å². The molecule has 2 aromatic heterocycles. The normalized spacial score (nSPS) is 25.9. The van der Waals surface area contributed by atoms with Crippen LogP contribution in [0.2, 0.25) is 0 Å². The highest BCUT2D eigenvalue weighted by Gasteiger charge is 2.47. The Balaban J connectivity index is 1.71. The van der Waals surface area contributed by atoms with E-state index in [1.807, 2.05) is 19.9 Å². The zero-order valence-corrected chi connectivity index (χ0v) is 21.3. The van der Waals surface area contributed by atoms with E-state index in [4.69, 9.17) is 14.5 Å². The van der Waals surface area contributed by atoms with Crippen molar-refractivity contribution in [3.8, 4) is 0 Å². The summed E-state index contributed by atoms with van der Waals surface area (Å²) >= 11 is 0. The van der Waals surface area contributed by atoms with Gasteiger partial charge in [0.1, 0.15) is 24.6 Å². The van der Waals surface area contributed by atoms with Crippen molar-refractivity contribution in [1.29, 1.82) is 0 Å². The van der Waals surface area contributed by atoms with Gasteiger partial charge in [-0.1, -0.05) is 11.6 Å². The zero-order valence-electron chi connectivity index (χ0n) is 18.6. The van der Waals surface area contributed by atoms with Gasteiger partial charge in [-0.3, -0.25) is 9.09 Å². The second-order valence-electron chi connectivity index (χ2n) is 7.64. The van der Waals surface area contributed by atoms with E-state index in [0.717, 1.165) is 5.57 Å². The van der Waals surface area contributed by atoms with E-state index >= 15 is 0 Å². The average Bonchev–Trinajstić information content (AvgIpc) is 3.26. The number of aliphatic hydroxyl groups is 2. The molecule has 6 atom stereocenters. The van der Waals surface area contributed by atoms with Crippen LogP contribution in [0.5, 0.6) is 0 Å². The molecule has 1 saturated heterocycles. The lowest BCUT2D eigenvalue weighted by Crippen LogP contribution is -2.33. The highest BCUT2D eigenvalue weighted by Crippen LogP contribution is 2.66. The van der Waals surface area contributed by atoms with E-state index in [2.05, 4.69) is 33.4 Å². The third-order valence-electron chi connectivity index (χ3n) is 4.57. The number of imidazole rings is 1. The largest absolute Gasteiger partial charge is 0.490 e. The van der Waals surface area contributed by atoms with E-state index in [1.165, 1.54) is 17.2 Å². The van der Waals surface area contributed by atoms with Crippen molar-refractivity contribution in [2.24, 2.45) is 0 Å². The van der Waals surface area contributed by atoms with Crippen LogP contribution in [0, 0.1) is 0 Å². The fourth-order valence-electron chi connectivity index (χ4n) is 3.09. The second kappa shape index (κ2) is 11.0. The van der Waals surface area contributed by atoms with Crippen molar-refractivity contribution in [3.05, 3.63) is 24.3 Å². The topological polar surface area (TPSA) is 265 Å². The first kappa shape index (κ1) is 28.9. The molecular formula is C15H24N5O13P3. The molecule has 0 radical (unpaired) electrons. The maximum atomic E-state index is 11.9. The van der Waals surface area contributed by atoms with Gasteiger partial charge in [0.25, 0.3) is 0 Å². The SMILES string of the molecule is CC(C)=CCNc1ncnc2c1ncn2[C@@H]1O[C@H](COP(=O)(O)OP(=O)(O)OP(=O)(O)O)[C@@H](O)[C@H]1O. The summed E-state index contributed by atoms with van der Waals surface area (Å²) in [4.78, 5) is 48.3. The highest BCUT2D eigenvalue weighted by atomic mass is 31.3. The third-order valence-corrected chi connectivity index (χ3v) is 8.37. The van der Waals surface area contributed by atoms with Crippen molar-refractivity contribution in [1.82, 2.24) is 19.5 Å². The molecule has 7 N–H and O–H groups in total. The number of anilines is 1. The van der Waals surface area contributed by atoms with Crippen LogP contribution in [0.4, 0.5) is 5.82 Å². The molecule has 1 fully saturated rings. The number of phosphoric ester groups is 1. The minimum absolute atomic E-state index is 0.231. The highest BCUT2D eigenvalue weighted by molar-refractivity contribution is 7.66. The predicted molar refractivity (Wildman–Crippen MR) is 119 cm³/mol. The Morgan fingerprint density at radius 2 is 1.78 bits per heavy atom. The Hall–Kier alpha value is -1.62. The Morgan fingerprint density at radius 3 is 2.42 bits per heavy atom. The number of nitrogens with one attached hydrogen (secondary N) is 1. The van der Waals surface area contributed by atoms with Gasteiger partial charge >= 0.3 is 23.5 Å². The summed E-state index contributed by atoms with van der Waals surface area (Å²) < 4.78 is 52.6. The van der Waals surface area contributed by atoms with Crippen LogP contribution < -0.4 is 5.32 Å². The van der Waals surface area contributed by atoms with Crippen LogP contribution in [0.3, 0.4) is 0 Å². The van der Waals surface area contributed by atoms with E-state index < -0.39 is 54.6 Å². The summed E-state index contributed by atoms with van der Waals surface area (Å²) in [5.41, 5.74) is 1.65. The van der Waals surface area contributed by atoms with E-state index in [0.29, 0.717) is 17.9 Å². The fraction of sp³-hybridized carbons (Fsp3) is 0.533. The third kappa shape index (κ3) is 7.46. The molecule has 1 aliphatic heterocycles. The molecule has 0 aromatic carbocycles. The molecule has 3 heterocycles. The number of ether oxygens (including phenoxy) is 1. The molecule has 0 amide bonds. The molecule has 21 heteroatoms. The summed E-state index contributed by atoms with van der Waals surface area (Å²) in [6.45, 7) is 3.37. The number of nitrogens with zero attached hydrogens (tertiary/aromatic N) is 4. The number of hydrogen-bond acceptors (Lipinski definition) is 13. The predicted octanol–water partition coefficient (Wildman–Crippen LogP) is 0.167. The summed E-state index contributed by atoms with van der Waals surface area (Å²) in [6, 6.07) is 0. The van der Waals surface area contributed by atoms with Crippen molar-refractivity contribution in [2.45, 2.75) is 38.4 Å². The Morgan fingerprint density at radius 1 is 1.08 bits per heavy atom. The van der Waals surface area contributed by atoms with Crippen molar-refractivity contribution < 1.29 is 61.4 Å². The standard InChI is InChI=1S/C15H24N5O13P3/c1-8(2)3-4-16-13-10-14(18-6-17-13)20(7-19-10)15-12(22)11(21)9(31-15)5-30-35(26,27)33-36(28,29)32-34(23,24)25/h3,6-7,9,11-12,15,21-22H,4-5H2,1-2H3,(H,26,27)(H,28,29)(H,16,17,18)(H2,23,24,25)/t9-,11-,12-,15-/m1/s1. The minimum atomic E-state index is -5.71. The first-order valence-corrected chi connectivity index (χ1v) is 14.5.